The molecule has 0 saturated carbocycles. The van der Waals surface area contributed by atoms with Crippen LogP contribution in [0.5, 0.6) is 0 Å². The van der Waals surface area contributed by atoms with Crippen molar-refractivity contribution in [2.45, 2.75) is 11.4 Å². The molecule has 3 aromatic heterocycles. The van der Waals surface area contributed by atoms with Gasteiger partial charge in [-0.1, -0.05) is 48.5 Å². The normalized spacial score (nSPS) is 11.9. The summed E-state index contributed by atoms with van der Waals surface area (Å²) in [6.07, 6.45) is 5.16. The molecule has 0 aliphatic heterocycles. The van der Waals surface area contributed by atoms with Gasteiger partial charge in [0.05, 0.1) is 30.3 Å². The molecule has 2 aromatic carbocycles. The van der Waals surface area contributed by atoms with Crippen LogP contribution in [0.15, 0.2) is 96.3 Å². The minimum atomic E-state index is -1.93. The molecule has 9 nitrogen and oxygen atoms in total. The summed E-state index contributed by atoms with van der Waals surface area (Å²) in [5, 5.41) is 4.41. The van der Waals surface area contributed by atoms with E-state index in [4.69, 9.17) is 9.97 Å². The molecule has 0 spiro atoms. The number of fused-ring (bicyclic) bond motifs is 1. The highest BCUT2D eigenvalue weighted by molar-refractivity contribution is 8.01. The van der Waals surface area contributed by atoms with Crippen molar-refractivity contribution in [2.24, 2.45) is 0 Å². The van der Waals surface area contributed by atoms with Crippen LogP contribution >= 0.6 is 20.5 Å². The van der Waals surface area contributed by atoms with Crippen molar-refractivity contribution >= 4 is 37.2 Å². The number of hydrogen-bond acceptors (Lipinski definition) is 10. The number of benzene rings is 2. The Morgan fingerprint density at radius 3 is 2.62 bits per heavy atom. The first-order valence-corrected chi connectivity index (χ1v) is 13.3. The SMILES string of the molecule is COOP(O)NSc1cncc(-c2nc(NCc3ccccn3)c3c(-c4ccccc4)cccc3n2)c1. The third-order valence-corrected chi connectivity index (χ3v) is 7.07. The molecule has 3 heterocycles. The molecule has 1 unspecified atom stereocenters. The molecule has 1 atom stereocenters. The summed E-state index contributed by atoms with van der Waals surface area (Å²) in [4.78, 5) is 33.6. The van der Waals surface area contributed by atoms with Gasteiger partial charge >= 0.3 is 0 Å². The Bertz CT molecular complexity index is 1480. The number of rotatable bonds is 10. The van der Waals surface area contributed by atoms with E-state index in [-0.39, 0.29) is 0 Å². The van der Waals surface area contributed by atoms with Crippen molar-refractivity contribution in [2.75, 3.05) is 12.4 Å². The highest BCUT2D eigenvalue weighted by Gasteiger charge is 2.15. The number of hydrogen-bond donors (Lipinski definition) is 3. The van der Waals surface area contributed by atoms with Crippen LogP contribution in [0.3, 0.4) is 0 Å². The van der Waals surface area contributed by atoms with Crippen LogP contribution in [0.2, 0.25) is 0 Å². The molecule has 5 aromatic rings. The van der Waals surface area contributed by atoms with Crippen molar-refractivity contribution < 1.29 is 14.5 Å². The van der Waals surface area contributed by atoms with E-state index in [1.807, 2.05) is 54.6 Å². The zero-order valence-corrected chi connectivity index (χ0v) is 21.5. The molecule has 0 amide bonds. The van der Waals surface area contributed by atoms with Gasteiger partial charge in [-0.2, -0.15) is 9.17 Å². The summed E-state index contributed by atoms with van der Waals surface area (Å²) < 4.78 is 7.46. The lowest BCUT2D eigenvalue weighted by Gasteiger charge is -2.15. The Morgan fingerprint density at radius 1 is 0.946 bits per heavy atom. The predicted molar refractivity (Wildman–Crippen MR) is 146 cm³/mol. The molecule has 11 heteroatoms. The van der Waals surface area contributed by atoms with Gasteiger partial charge in [0, 0.05) is 29.0 Å². The van der Waals surface area contributed by atoms with E-state index in [0.717, 1.165) is 38.2 Å². The average molecular weight is 531 g/mol. The van der Waals surface area contributed by atoms with Crippen LogP contribution in [0.4, 0.5) is 5.82 Å². The Labute approximate surface area is 219 Å². The molecular formula is C26H23N6O3PS. The minimum absolute atomic E-state index is 0.507. The smallest absolute Gasteiger partial charge is 0.296 e. The van der Waals surface area contributed by atoms with E-state index in [1.165, 1.54) is 19.1 Å². The first-order chi connectivity index (χ1) is 18.2. The standard InChI is InChI=1S/C26H23N6O3PS/c1-34-35-36(33)32-37-21-14-19(15-27-17-21)25-30-23-12-7-11-22(18-8-3-2-4-9-18)24(23)26(31-25)29-16-20-10-5-6-13-28-20/h2-15,17,32-33H,16H2,1H3,(H,29,30,31). The monoisotopic (exact) mass is 530 g/mol. The summed E-state index contributed by atoms with van der Waals surface area (Å²) in [6.45, 7) is 0.507. The summed E-state index contributed by atoms with van der Waals surface area (Å²) in [7, 11) is -0.601. The van der Waals surface area contributed by atoms with Gasteiger partial charge in [-0.3, -0.25) is 9.97 Å². The van der Waals surface area contributed by atoms with E-state index in [1.54, 1.807) is 18.6 Å². The van der Waals surface area contributed by atoms with Gasteiger partial charge in [0.2, 0.25) is 0 Å². The lowest BCUT2D eigenvalue weighted by Crippen LogP contribution is -2.06. The zero-order valence-electron chi connectivity index (χ0n) is 19.8. The van der Waals surface area contributed by atoms with Crippen molar-refractivity contribution in [1.82, 2.24) is 24.4 Å². The fourth-order valence-electron chi connectivity index (χ4n) is 3.75. The Balaban J connectivity index is 1.55. The zero-order chi connectivity index (χ0) is 25.5. The Kier molecular flexibility index (Phi) is 8.27. The molecule has 5 rings (SSSR count). The quantitative estimate of drug-likeness (QED) is 0.0891. The molecule has 37 heavy (non-hydrogen) atoms. The van der Waals surface area contributed by atoms with Crippen LogP contribution in [0, 0.1) is 0 Å². The van der Waals surface area contributed by atoms with Crippen LogP contribution < -0.4 is 9.81 Å². The van der Waals surface area contributed by atoms with Gasteiger partial charge in [-0.05, 0) is 47.3 Å². The van der Waals surface area contributed by atoms with Crippen LogP contribution in [-0.4, -0.2) is 31.9 Å². The van der Waals surface area contributed by atoms with E-state index in [2.05, 4.69) is 47.5 Å². The van der Waals surface area contributed by atoms with Crippen LogP contribution in [0.25, 0.3) is 33.4 Å². The van der Waals surface area contributed by atoms with E-state index < -0.39 is 8.53 Å². The fourth-order valence-corrected chi connectivity index (χ4v) is 5.05. The average Bonchev–Trinajstić information content (AvgIpc) is 2.95. The predicted octanol–water partition coefficient (Wildman–Crippen LogP) is 5.76. The first-order valence-electron chi connectivity index (χ1n) is 11.3. The van der Waals surface area contributed by atoms with E-state index in [9.17, 15) is 4.89 Å². The highest BCUT2D eigenvalue weighted by Crippen LogP contribution is 2.35. The molecule has 0 radical (unpaired) electrons. The Morgan fingerprint density at radius 2 is 1.81 bits per heavy atom. The van der Waals surface area contributed by atoms with Crippen LogP contribution in [-0.2, 0) is 16.1 Å². The van der Waals surface area contributed by atoms with Crippen molar-refractivity contribution in [3.63, 3.8) is 0 Å². The number of nitrogens with zero attached hydrogens (tertiary/aromatic N) is 4. The largest absolute Gasteiger partial charge is 0.364 e. The lowest BCUT2D eigenvalue weighted by molar-refractivity contribution is -0.177. The number of aromatic nitrogens is 4. The molecule has 0 saturated heterocycles. The van der Waals surface area contributed by atoms with E-state index >= 15 is 0 Å². The first kappa shape index (κ1) is 25.2. The molecule has 0 aliphatic rings. The second-order valence-electron chi connectivity index (χ2n) is 7.75. The summed E-state index contributed by atoms with van der Waals surface area (Å²) in [6, 6.07) is 24.0. The maximum atomic E-state index is 9.75. The summed E-state index contributed by atoms with van der Waals surface area (Å²) in [5.74, 6) is 1.23. The topological polar surface area (TPSA) is 114 Å². The van der Waals surface area contributed by atoms with Crippen molar-refractivity contribution in [1.29, 1.82) is 0 Å². The molecule has 186 valence electrons. The molecule has 0 fully saturated rings. The maximum absolute atomic E-state index is 9.75. The van der Waals surface area contributed by atoms with Crippen LogP contribution in [0.1, 0.15) is 5.69 Å². The maximum Gasteiger partial charge on any atom is 0.296 e. The van der Waals surface area contributed by atoms with Gasteiger partial charge < -0.3 is 10.2 Å². The molecule has 0 bridgehead atoms. The van der Waals surface area contributed by atoms with Gasteiger partial charge in [0.1, 0.15) is 5.82 Å². The lowest BCUT2D eigenvalue weighted by atomic mass is 10.0. The highest BCUT2D eigenvalue weighted by atomic mass is 32.2. The third kappa shape index (κ3) is 6.26. The summed E-state index contributed by atoms with van der Waals surface area (Å²) >= 11 is 1.17. The molecule has 0 aliphatic carbocycles. The second-order valence-corrected chi connectivity index (χ2v) is 9.85. The van der Waals surface area contributed by atoms with Gasteiger partial charge in [0.15, 0.2) is 5.82 Å². The van der Waals surface area contributed by atoms with Crippen molar-refractivity contribution in [3.8, 4) is 22.5 Å². The molecular weight excluding hydrogens is 507 g/mol. The number of nitrogens with one attached hydrogen (secondary N) is 2. The minimum Gasteiger partial charge on any atom is -0.364 e. The Hall–Kier alpha value is -3.50. The fraction of sp³-hybridized carbons (Fsp3) is 0.0769. The van der Waals surface area contributed by atoms with Gasteiger partial charge in [-0.25, -0.2) is 14.9 Å². The second kappa shape index (κ2) is 12.2. The number of pyridine rings is 2. The molecule has 3 N–H and O–H groups in total. The van der Waals surface area contributed by atoms with E-state index in [0.29, 0.717) is 18.2 Å². The van der Waals surface area contributed by atoms with Gasteiger partial charge in [0.25, 0.3) is 8.53 Å². The number of anilines is 1. The van der Waals surface area contributed by atoms with Gasteiger partial charge in [-0.15, -0.1) is 0 Å². The third-order valence-electron chi connectivity index (χ3n) is 5.33. The van der Waals surface area contributed by atoms with Crippen molar-refractivity contribution in [3.05, 3.63) is 97.1 Å². The summed E-state index contributed by atoms with van der Waals surface area (Å²) in [5.41, 5.74) is 4.55.